The highest BCUT2D eigenvalue weighted by atomic mass is 32.2. The van der Waals surface area contributed by atoms with E-state index in [0.717, 1.165) is 242 Å². The van der Waals surface area contributed by atoms with Crippen molar-refractivity contribution < 1.29 is 110 Å². The van der Waals surface area contributed by atoms with E-state index in [4.69, 9.17) is 41.4 Å². The molecule has 12 aromatic rings. The second kappa shape index (κ2) is 45.2. The van der Waals surface area contributed by atoms with Gasteiger partial charge in [-0.3, -0.25) is 43.3 Å². The number of hydrogen-bond donors (Lipinski definition) is 0. The Morgan fingerprint density at radius 2 is 0.618 bits per heavy atom. The van der Waals surface area contributed by atoms with E-state index in [0.29, 0.717) is 141 Å². The second-order valence-electron chi connectivity index (χ2n) is 41.5. The third-order valence-electron chi connectivity index (χ3n) is 30.3. The molecule has 4 aromatic heterocycles. The predicted molar refractivity (Wildman–Crippen MR) is 552 cm³/mol. The van der Waals surface area contributed by atoms with Gasteiger partial charge in [0.2, 0.25) is 30.1 Å². The maximum absolute atomic E-state index is 12.6. The zero-order valence-corrected chi connectivity index (χ0v) is 85.8. The maximum Gasteiger partial charge on any atom is 0.410 e. The first kappa shape index (κ1) is 104. The molecule has 8 aliphatic rings. The molecule has 4 saturated carbocycles. The van der Waals surface area contributed by atoms with Gasteiger partial charge in [0.15, 0.2) is 0 Å². The zero-order chi connectivity index (χ0) is 101. The molecule has 8 heterocycles. The average molecular weight is 2030 g/mol. The van der Waals surface area contributed by atoms with Crippen LogP contribution in [0.15, 0.2) is 164 Å². The highest BCUT2D eigenvalue weighted by molar-refractivity contribution is 7.88. The number of ether oxygens (including phenoxy) is 5. The first-order valence-corrected chi connectivity index (χ1v) is 56.5. The second-order valence-corrected chi connectivity index (χ2v) is 47.4. The molecule has 8 fully saturated rings. The number of nitrogens with zero attached hydrogens (tertiary/aromatic N) is 5. The number of benzene rings is 8. The van der Waals surface area contributed by atoms with E-state index >= 15 is 0 Å². The van der Waals surface area contributed by atoms with Gasteiger partial charge in [0, 0.05) is 158 Å². The van der Waals surface area contributed by atoms with Crippen LogP contribution in [-0.2, 0) is 73.2 Å². The molecule has 0 bridgehead atoms. The first-order valence-electron chi connectivity index (χ1n) is 50.9. The van der Waals surface area contributed by atoms with E-state index in [1.165, 1.54) is 18.8 Å². The summed E-state index contributed by atoms with van der Waals surface area (Å²) in [4.78, 5) is 113. The van der Waals surface area contributed by atoms with Crippen LogP contribution in [0.25, 0.3) is 87.0 Å². The Kier molecular flexibility index (Phi) is 32.6. The number of likely N-dealkylation sites (N-methyl/N-ethyl adjacent to an activating group) is 1. The number of amides is 1. The number of Topliss-reactive ketones (excluding diaryl/α,β-unsaturated/α-hetero) is 8. The van der Waals surface area contributed by atoms with Crippen molar-refractivity contribution in [2.24, 2.45) is 17.8 Å². The summed E-state index contributed by atoms with van der Waals surface area (Å²) in [6.45, 7) is 13.9. The van der Waals surface area contributed by atoms with Crippen molar-refractivity contribution in [2.45, 2.75) is 223 Å². The van der Waals surface area contributed by atoms with Gasteiger partial charge in [-0.2, -0.15) is 0 Å². The average Bonchev–Trinajstić information content (AvgIpc) is 1.64. The highest BCUT2D eigenvalue weighted by Gasteiger charge is 2.38. The van der Waals surface area contributed by atoms with Gasteiger partial charge in [0.1, 0.15) is 104 Å². The minimum Gasteiger partial charge on any atom is -0.494 e. The third-order valence-corrected chi connectivity index (χ3v) is 34.2. The number of fused-ring (bicyclic) bond motifs is 12. The molecule has 4 atom stereocenters. The van der Waals surface area contributed by atoms with E-state index in [1.807, 2.05) is 147 Å². The van der Waals surface area contributed by atoms with E-state index in [2.05, 4.69) is 11.9 Å². The first-order chi connectivity index (χ1) is 69.0. The van der Waals surface area contributed by atoms with Crippen molar-refractivity contribution >= 4 is 169 Å². The number of hydrogen-bond acceptors (Lipinski definition) is 25. The largest absolute Gasteiger partial charge is 0.494 e. The molecule has 1 amide bonds. The van der Waals surface area contributed by atoms with E-state index in [9.17, 15) is 68.4 Å². The van der Waals surface area contributed by atoms with Crippen molar-refractivity contribution in [1.29, 1.82) is 0 Å². The highest BCUT2D eigenvalue weighted by Crippen LogP contribution is 2.46. The number of sulfonamides is 3. The summed E-state index contributed by atoms with van der Waals surface area (Å²) in [5.41, 5.74) is 6.01. The number of rotatable bonds is 27. The fourth-order valence-electron chi connectivity index (χ4n) is 22.2. The van der Waals surface area contributed by atoms with Gasteiger partial charge in [-0.1, -0.05) is 24.3 Å². The summed E-state index contributed by atoms with van der Waals surface area (Å²) in [6.07, 6.45) is 27.5. The lowest BCUT2D eigenvalue weighted by atomic mass is 9.81. The summed E-state index contributed by atoms with van der Waals surface area (Å²) in [5.74, 6) is 3.68. The Hall–Kier alpha value is -11.5. The van der Waals surface area contributed by atoms with Crippen LogP contribution >= 0.6 is 0 Å². The normalized spacial score (nSPS) is 20.3. The van der Waals surface area contributed by atoms with E-state index < -0.39 is 35.7 Å². The van der Waals surface area contributed by atoms with E-state index in [1.54, 1.807) is 38.0 Å². The molecular formula is C112H131N5O24S3. The molecule has 0 N–H and O–H groups in total. The minimum absolute atomic E-state index is 0.00532. The lowest BCUT2D eigenvalue weighted by molar-refractivity contribution is -0.132. The van der Waals surface area contributed by atoms with Crippen LogP contribution in [0.3, 0.4) is 0 Å². The standard InChI is InChI=1S/C31H37NO6.C27H32N2O6S.2C27H31NO6S/c1-31(2,3)38-30(35)32-14-12-20(13-15-32)5-4-16-36-23-8-10-24-21(17-23)6-11-28-29(24)26(19-37-28)25-9-7-22(33)18-27(25)34;1-28(19-9-11-29(12-10-19)36(2,32)33)13-14-34-21-5-7-22-18(15-21)3-8-26-27(22)24(17-35-26)23-6-4-20(30)16-25(23)31;2*1-35(31,32)28-12-10-18(11-13-28)3-2-14-33-21-6-8-22-19(15-21)4-9-26-27(22)24(17-34-26)23-7-5-20(29)16-25(23)30/h6,8,10-11,17,19-20,25H,4-5,7,9,12-16,18H2,1-3H3;3,5,7-8,15,17,19,23H,4,6,9-14,16H2,1-2H3;2*4,6,8-9,15,17-18,23H,2-3,5,7,10-14,16H2,1H3/t25-;3*23-/m0110/s1. The Morgan fingerprint density at radius 3 is 0.882 bits per heavy atom. The number of likely N-dealkylation sites (tertiary alicyclic amines) is 1. The lowest BCUT2D eigenvalue weighted by Crippen LogP contribution is -2.46. The number of carbonyl (C=O) groups excluding carboxylic acids is 9. The van der Waals surface area contributed by atoms with Crippen molar-refractivity contribution in [2.75, 3.05) is 111 Å². The summed E-state index contributed by atoms with van der Waals surface area (Å²) in [7, 11) is -7.22. The van der Waals surface area contributed by atoms with Gasteiger partial charge in [0.25, 0.3) is 0 Å². The summed E-state index contributed by atoms with van der Waals surface area (Å²) >= 11 is 0. The Morgan fingerprint density at radius 1 is 0.354 bits per heavy atom. The predicted octanol–water partition coefficient (Wildman–Crippen LogP) is 20.2. The van der Waals surface area contributed by atoms with Crippen LogP contribution < -0.4 is 18.9 Å². The van der Waals surface area contributed by atoms with Crippen molar-refractivity contribution in [3.05, 3.63) is 169 Å². The van der Waals surface area contributed by atoms with Gasteiger partial charge in [-0.05, 0) is 301 Å². The fraction of sp³-hybridized carbons (Fsp3) is 0.491. The summed E-state index contributed by atoms with van der Waals surface area (Å²) in [5, 5.41) is 11.9. The molecule has 0 radical (unpaired) electrons. The van der Waals surface area contributed by atoms with Crippen molar-refractivity contribution in [3.8, 4) is 23.0 Å². The lowest BCUT2D eigenvalue weighted by Gasteiger charge is -2.35. The van der Waals surface area contributed by atoms with Crippen LogP contribution in [0.4, 0.5) is 4.79 Å². The van der Waals surface area contributed by atoms with Crippen molar-refractivity contribution in [3.63, 3.8) is 0 Å². The van der Waals surface area contributed by atoms with E-state index in [-0.39, 0.29) is 102 Å². The van der Waals surface area contributed by atoms with Gasteiger partial charge >= 0.3 is 6.09 Å². The van der Waals surface area contributed by atoms with Crippen LogP contribution in [0.2, 0.25) is 0 Å². The summed E-state index contributed by atoms with van der Waals surface area (Å²) < 4.78 is 128. The third kappa shape index (κ3) is 25.2. The van der Waals surface area contributed by atoms with Crippen LogP contribution in [-0.4, -0.2) is 223 Å². The van der Waals surface area contributed by atoms with Crippen LogP contribution in [0.5, 0.6) is 23.0 Å². The molecule has 0 spiro atoms. The summed E-state index contributed by atoms with van der Waals surface area (Å²) in [6, 6.07) is 40.0. The smallest absolute Gasteiger partial charge is 0.410 e. The van der Waals surface area contributed by atoms with Crippen molar-refractivity contribution in [1.82, 2.24) is 22.7 Å². The molecule has 20 rings (SSSR count). The Labute approximate surface area is 840 Å². The monoisotopic (exact) mass is 2030 g/mol. The molecule has 766 valence electrons. The Balaban J connectivity index is 0.000000132. The maximum atomic E-state index is 12.6. The topological polar surface area (TPSA) is 371 Å². The van der Waals surface area contributed by atoms with Crippen LogP contribution in [0.1, 0.15) is 234 Å². The number of carbonyl (C=O) groups is 9. The number of piperidine rings is 4. The SMILES string of the molecule is CC(C)(C)OC(=O)N1CCC(CCCOc2ccc3c(ccc4occ([C@@H]5CCC(=O)CC5=O)c43)c2)CC1.CN(CCOc1ccc2c(ccc3occ([C@H]4CCC(=O)CC4=O)c32)c1)C1CCN(S(C)(=O)=O)CC1.CS(=O)(=O)N1CCC(CCCOc2ccc3c(ccc4occ([C@@H]5CCC(=O)CC5=O)c43)c2)CC1.CS(=O)(=O)N1CCC(CCCOc2ccc3c(ccc4occ([C@H]5CCC(=O)CC5=O)c43)c2)CC1. The van der Waals surface area contributed by atoms with Gasteiger partial charge in [-0.25, -0.2) is 43.0 Å². The molecular weight excluding hydrogens is 1900 g/mol. The van der Waals surface area contributed by atoms with Gasteiger partial charge < -0.3 is 46.3 Å². The number of ketones is 8. The molecule has 0 unspecified atom stereocenters. The zero-order valence-electron chi connectivity index (χ0n) is 83.3. The molecule has 144 heavy (non-hydrogen) atoms. The number of furan rings is 4. The molecule has 32 heteroatoms. The van der Waals surface area contributed by atoms with Gasteiger partial charge in [0.05, 0.1) is 89.3 Å². The fourth-order valence-corrected chi connectivity index (χ4v) is 24.9. The quantitative estimate of drug-likeness (QED) is 0.0341. The molecule has 4 saturated heterocycles. The molecule has 8 aromatic carbocycles. The minimum atomic E-state index is -3.12. The molecule has 4 aliphatic carbocycles. The van der Waals surface area contributed by atoms with Gasteiger partial charge in [-0.15, -0.1) is 0 Å². The molecule has 29 nitrogen and oxygen atoms in total. The Bertz CT molecular complexity index is 6960. The molecule has 4 aliphatic heterocycles. The van der Waals surface area contributed by atoms with Crippen LogP contribution in [0, 0.1) is 17.8 Å².